The zero-order valence-electron chi connectivity index (χ0n) is 17.3. The summed E-state index contributed by atoms with van der Waals surface area (Å²) in [6.45, 7) is 12.5. The van der Waals surface area contributed by atoms with E-state index >= 15 is 0 Å². The number of hydrogen-bond acceptors (Lipinski definition) is 3. The van der Waals surface area contributed by atoms with Crippen molar-refractivity contribution in [1.29, 1.82) is 0 Å². The molecule has 4 nitrogen and oxygen atoms in total. The Morgan fingerprint density at radius 3 is 2.00 bits per heavy atom. The lowest BCUT2D eigenvalue weighted by Crippen LogP contribution is -2.48. The summed E-state index contributed by atoms with van der Waals surface area (Å²) in [6, 6.07) is 11.7. The number of rotatable bonds is 3. The van der Waals surface area contributed by atoms with Crippen LogP contribution in [0.4, 0.5) is 5.69 Å². The molecule has 3 rings (SSSR count). The average Bonchev–Trinajstić information content (AvgIpc) is 2.60. The molecule has 1 fully saturated rings. The van der Waals surface area contributed by atoms with Crippen LogP contribution in [0.25, 0.3) is 0 Å². The molecule has 0 aliphatic carbocycles. The van der Waals surface area contributed by atoms with Crippen LogP contribution < -0.4 is 4.90 Å². The van der Waals surface area contributed by atoms with E-state index in [1.807, 2.05) is 50.2 Å². The van der Waals surface area contributed by atoms with Crippen molar-refractivity contribution >= 4 is 27.3 Å². The van der Waals surface area contributed by atoms with E-state index < -0.39 is 10.0 Å². The van der Waals surface area contributed by atoms with Gasteiger partial charge in [0, 0.05) is 36.9 Å². The van der Waals surface area contributed by atoms with Crippen LogP contribution in [-0.2, 0) is 15.4 Å². The molecule has 0 N–H and O–H groups in total. The Hall–Kier alpha value is -1.56. The maximum atomic E-state index is 13.4. The maximum absolute atomic E-state index is 13.4. The third-order valence-electron chi connectivity index (χ3n) is 5.34. The highest BCUT2D eigenvalue weighted by Gasteiger charge is 2.31. The van der Waals surface area contributed by atoms with Crippen LogP contribution in [0.2, 0.25) is 5.02 Å². The molecule has 0 saturated carbocycles. The molecule has 1 saturated heterocycles. The fourth-order valence-electron chi connectivity index (χ4n) is 3.78. The lowest BCUT2D eigenvalue weighted by atomic mass is 9.85. The number of benzene rings is 2. The first-order chi connectivity index (χ1) is 13.0. The largest absolute Gasteiger partial charge is 0.369 e. The van der Waals surface area contributed by atoms with Gasteiger partial charge in [0.15, 0.2) is 0 Å². The minimum atomic E-state index is -3.52. The number of halogens is 1. The SMILES string of the molecule is Cc1cc(C(C)(C)C)cc(C)c1S(=O)(=O)N1CCN(c2cccc(Cl)c2)CC1. The summed E-state index contributed by atoms with van der Waals surface area (Å²) >= 11 is 6.09. The van der Waals surface area contributed by atoms with Gasteiger partial charge in [-0.05, 0) is 54.2 Å². The smallest absolute Gasteiger partial charge is 0.243 e. The van der Waals surface area contributed by atoms with Gasteiger partial charge in [-0.1, -0.05) is 50.6 Å². The maximum Gasteiger partial charge on any atom is 0.243 e. The molecule has 0 unspecified atom stereocenters. The second-order valence-electron chi connectivity index (χ2n) is 8.56. The average molecular weight is 421 g/mol. The fraction of sp³-hybridized carbons (Fsp3) is 0.455. The van der Waals surface area contributed by atoms with Crippen molar-refractivity contribution in [2.45, 2.75) is 44.9 Å². The van der Waals surface area contributed by atoms with Gasteiger partial charge >= 0.3 is 0 Å². The summed E-state index contributed by atoms with van der Waals surface area (Å²) in [5, 5.41) is 0.692. The van der Waals surface area contributed by atoms with Crippen molar-refractivity contribution in [3.05, 3.63) is 58.1 Å². The minimum absolute atomic E-state index is 0.0135. The molecule has 0 amide bonds. The topological polar surface area (TPSA) is 40.6 Å². The molecule has 0 atom stereocenters. The van der Waals surface area contributed by atoms with E-state index in [0.29, 0.717) is 36.1 Å². The summed E-state index contributed by atoms with van der Waals surface area (Å²) < 4.78 is 28.4. The Balaban J connectivity index is 1.83. The van der Waals surface area contributed by atoms with Crippen molar-refractivity contribution in [3.8, 4) is 0 Å². The molecule has 1 aliphatic rings. The highest BCUT2D eigenvalue weighted by molar-refractivity contribution is 7.89. The fourth-order valence-corrected chi connectivity index (χ4v) is 5.80. The van der Waals surface area contributed by atoms with Gasteiger partial charge in [-0.2, -0.15) is 4.31 Å². The molecule has 0 spiro atoms. The third kappa shape index (κ3) is 4.22. The molecule has 0 aromatic heterocycles. The Morgan fingerprint density at radius 2 is 1.50 bits per heavy atom. The molecule has 0 radical (unpaired) electrons. The normalized spacial score (nSPS) is 16.4. The van der Waals surface area contributed by atoms with Crippen molar-refractivity contribution in [2.75, 3.05) is 31.1 Å². The summed E-state index contributed by atoms with van der Waals surface area (Å²) in [7, 11) is -3.52. The van der Waals surface area contributed by atoms with Crippen LogP contribution >= 0.6 is 11.6 Å². The molecule has 152 valence electrons. The molecule has 28 heavy (non-hydrogen) atoms. The molecule has 6 heteroatoms. The van der Waals surface area contributed by atoms with Gasteiger partial charge in [0.25, 0.3) is 0 Å². The van der Waals surface area contributed by atoms with E-state index in [4.69, 9.17) is 11.6 Å². The molecular formula is C22H29ClN2O2S. The van der Waals surface area contributed by atoms with E-state index in [2.05, 4.69) is 25.7 Å². The monoisotopic (exact) mass is 420 g/mol. The van der Waals surface area contributed by atoms with Gasteiger partial charge in [-0.15, -0.1) is 0 Å². The molecule has 1 aliphatic heterocycles. The number of hydrogen-bond donors (Lipinski definition) is 0. The van der Waals surface area contributed by atoms with Crippen molar-refractivity contribution in [2.24, 2.45) is 0 Å². The van der Waals surface area contributed by atoms with Crippen LogP contribution in [0.3, 0.4) is 0 Å². The molecule has 0 bridgehead atoms. The van der Waals surface area contributed by atoms with E-state index in [9.17, 15) is 8.42 Å². The molecular weight excluding hydrogens is 392 g/mol. The van der Waals surface area contributed by atoms with Crippen LogP contribution in [-0.4, -0.2) is 38.9 Å². The Kier molecular flexibility index (Phi) is 5.81. The first-order valence-corrected chi connectivity index (χ1v) is 11.4. The zero-order valence-corrected chi connectivity index (χ0v) is 18.9. The molecule has 2 aromatic rings. The zero-order chi connectivity index (χ0) is 20.7. The van der Waals surface area contributed by atoms with Gasteiger partial charge in [0.05, 0.1) is 4.90 Å². The van der Waals surface area contributed by atoms with Crippen LogP contribution in [0, 0.1) is 13.8 Å². The number of aryl methyl sites for hydroxylation is 2. The van der Waals surface area contributed by atoms with Crippen molar-refractivity contribution in [3.63, 3.8) is 0 Å². The predicted octanol–water partition coefficient (Wildman–Crippen LogP) is 4.77. The van der Waals surface area contributed by atoms with E-state index in [1.54, 1.807) is 4.31 Å². The Morgan fingerprint density at radius 1 is 0.929 bits per heavy atom. The second-order valence-corrected chi connectivity index (χ2v) is 10.9. The number of sulfonamides is 1. The Labute approximate surface area is 174 Å². The van der Waals surface area contributed by atoms with Crippen LogP contribution in [0.5, 0.6) is 0 Å². The van der Waals surface area contributed by atoms with Gasteiger partial charge in [-0.3, -0.25) is 0 Å². The van der Waals surface area contributed by atoms with Crippen LogP contribution in [0.1, 0.15) is 37.5 Å². The van der Waals surface area contributed by atoms with E-state index in [-0.39, 0.29) is 5.41 Å². The minimum Gasteiger partial charge on any atom is -0.369 e. The molecule has 1 heterocycles. The van der Waals surface area contributed by atoms with E-state index in [1.165, 1.54) is 0 Å². The molecule has 2 aromatic carbocycles. The van der Waals surface area contributed by atoms with Gasteiger partial charge < -0.3 is 4.90 Å². The van der Waals surface area contributed by atoms with Gasteiger partial charge in [-0.25, -0.2) is 8.42 Å². The Bertz CT molecular complexity index is 949. The van der Waals surface area contributed by atoms with Crippen LogP contribution in [0.15, 0.2) is 41.3 Å². The summed E-state index contributed by atoms with van der Waals surface area (Å²) in [4.78, 5) is 2.64. The standard InChI is InChI=1S/C22H29ClN2O2S/c1-16-13-18(22(3,4)5)14-17(2)21(16)28(26,27)25-11-9-24(10-12-25)20-8-6-7-19(23)15-20/h6-8,13-15H,9-12H2,1-5H3. The quantitative estimate of drug-likeness (QED) is 0.718. The van der Waals surface area contributed by atoms with Crippen molar-refractivity contribution in [1.82, 2.24) is 4.31 Å². The highest BCUT2D eigenvalue weighted by Crippen LogP contribution is 2.31. The highest BCUT2D eigenvalue weighted by atomic mass is 35.5. The summed E-state index contributed by atoms with van der Waals surface area (Å²) in [6.07, 6.45) is 0. The van der Waals surface area contributed by atoms with Gasteiger partial charge in [0.2, 0.25) is 10.0 Å². The number of piperazine rings is 1. The van der Waals surface area contributed by atoms with Crippen molar-refractivity contribution < 1.29 is 8.42 Å². The predicted molar refractivity (Wildman–Crippen MR) is 117 cm³/mol. The second kappa shape index (κ2) is 7.69. The summed E-state index contributed by atoms with van der Waals surface area (Å²) in [5.41, 5.74) is 3.82. The first kappa shape index (κ1) is 21.2. The summed E-state index contributed by atoms with van der Waals surface area (Å²) in [5.74, 6) is 0. The van der Waals surface area contributed by atoms with Gasteiger partial charge in [0.1, 0.15) is 0 Å². The lowest BCUT2D eigenvalue weighted by molar-refractivity contribution is 0.384. The number of anilines is 1. The van der Waals surface area contributed by atoms with E-state index in [0.717, 1.165) is 22.4 Å². The number of nitrogens with zero attached hydrogens (tertiary/aromatic N) is 2. The first-order valence-electron chi connectivity index (χ1n) is 9.62. The third-order valence-corrected chi connectivity index (χ3v) is 7.78. The lowest BCUT2D eigenvalue weighted by Gasteiger charge is -2.36.